The molecular weight excluding hydrogens is 234 g/mol. The summed E-state index contributed by atoms with van der Waals surface area (Å²) in [7, 11) is 0. The average molecular weight is 246 g/mol. The number of carbonyl (C=O) groups is 1. The van der Waals surface area contributed by atoms with Crippen LogP contribution in [0.25, 0.3) is 0 Å². The Labute approximate surface area is 105 Å². The van der Waals surface area contributed by atoms with Crippen LogP contribution in [0, 0.1) is 6.92 Å². The Kier molecular flexibility index (Phi) is 3.55. The van der Waals surface area contributed by atoms with E-state index in [1.807, 2.05) is 31.2 Å². The van der Waals surface area contributed by atoms with E-state index in [-0.39, 0.29) is 5.78 Å². The fraction of sp³-hybridized carbons (Fsp3) is 0.143. The third-order valence-electron chi connectivity index (χ3n) is 2.65. The fourth-order valence-electron chi connectivity index (χ4n) is 1.70. The molecule has 1 aromatic carbocycles. The summed E-state index contributed by atoms with van der Waals surface area (Å²) >= 11 is 5.98. The van der Waals surface area contributed by atoms with Gasteiger partial charge in [-0.2, -0.15) is 0 Å². The molecule has 0 atom stereocenters. The molecule has 0 amide bonds. The highest BCUT2D eigenvalue weighted by Crippen LogP contribution is 2.17. The standard InChI is InChI=1S/C14H12ClNO/c1-10-4-2-3-5-12(10)14(17)8-11-6-7-16-9-13(11)15/h2-7,9H,8H2,1H3. The second-order valence-corrected chi connectivity index (χ2v) is 4.29. The summed E-state index contributed by atoms with van der Waals surface area (Å²) in [5.74, 6) is 0.0798. The Bertz CT molecular complexity index is 551. The summed E-state index contributed by atoms with van der Waals surface area (Å²) in [4.78, 5) is 16.0. The second-order valence-electron chi connectivity index (χ2n) is 3.88. The maximum atomic E-state index is 12.1. The predicted molar refractivity (Wildman–Crippen MR) is 68.5 cm³/mol. The van der Waals surface area contributed by atoms with E-state index < -0.39 is 0 Å². The largest absolute Gasteiger partial charge is 0.294 e. The van der Waals surface area contributed by atoms with Crippen molar-refractivity contribution in [3.05, 3.63) is 64.4 Å². The first-order chi connectivity index (χ1) is 8.18. The van der Waals surface area contributed by atoms with E-state index in [9.17, 15) is 4.79 Å². The lowest BCUT2D eigenvalue weighted by Gasteiger charge is -2.05. The SMILES string of the molecule is Cc1ccccc1C(=O)Cc1ccncc1Cl. The summed E-state index contributed by atoms with van der Waals surface area (Å²) in [6, 6.07) is 9.34. The number of ketones is 1. The highest BCUT2D eigenvalue weighted by Gasteiger charge is 2.11. The molecular formula is C14H12ClNO. The molecule has 0 bridgehead atoms. The minimum absolute atomic E-state index is 0.0798. The van der Waals surface area contributed by atoms with Gasteiger partial charge in [0.1, 0.15) is 0 Å². The van der Waals surface area contributed by atoms with Crippen molar-refractivity contribution < 1.29 is 4.79 Å². The van der Waals surface area contributed by atoms with Crippen LogP contribution in [-0.2, 0) is 6.42 Å². The van der Waals surface area contributed by atoms with Gasteiger partial charge in [-0.15, -0.1) is 0 Å². The summed E-state index contributed by atoms with van der Waals surface area (Å²) in [6.45, 7) is 1.93. The summed E-state index contributed by atoms with van der Waals surface area (Å²) in [5, 5.41) is 0.537. The molecule has 1 aromatic heterocycles. The zero-order valence-electron chi connectivity index (χ0n) is 9.48. The predicted octanol–water partition coefficient (Wildman–Crippen LogP) is 3.47. The average Bonchev–Trinajstić information content (AvgIpc) is 2.32. The van der Waals surface area contributed by atoms with E-state index in [4.69, 9.17) is 11.6 Å². The van der Waals surface area contributed by atoms with Crippen molar-refractivity contribution in [2.75, 3.05) is 0 Å². The zero-order valence-corrected chi connectivity index (χ0v) is 10.2. The Hall–Kier alpha value is -1.67. The van der Waals surface area contributed by atoms with Gasteiger partial charge in [-0.1, -0.05) is 35.9 Å². The number of nitrogens with zero attached hydrogens (tertiary/aromatic N) is 1. The van der Waals surface area contributed by atoms with Crippen LogP contribution in [0.5, 0.6) is 0 Å². The van der Waals surface area contributed by atoms with Crippen molar-refractivity contribution in [2.45, 2.75) is 13.3 Å². The molecule has 2 rings (SSSR count). The first kappa shape index (κ1) is 11.8. The Morgan fingerprint density at radius 3 is 2.76 bits per heavy atom. The zero-order chi connectivity index (χ0) is 12.3. The number of benzene rings is 1. The van der Waals surface area contributed by atoms with Gasteiger partial charge in [-0.25, -0.2) is 0 Å². The smallest absolute Gasteiger partial charge is 0.167 e. The van der Waals surface area contributed by atoms with Gasteiger partial charge in [0.05, 0.1) is 5.02 Å². The van der Waals surface area contributed by atoms with E-state index in [0.29, 0.717) is 11.4 Å². The number of hydrogen-bond acceptors (Lipinski definition) is 2. The molecule has 0 aliphatic carbocycles. The highest BCUT2D eigenvalue weighted by molar-refractivity contribution is 6.31. The lowest BCUT2D eigenvalue weighted by molar-refractivity contribution is 0.0992. The lowest BCUT2D eigenvalue weighted by atomic mass is 10.00. The van der Waals surface area contributed by atoms with Crippen molar-refractivity contribution in [3.63, 3.8) is 0 Å². The van der Waals surface area contributed by atoms with Gasteiger partial charge < -0.3 is 0 Å². The molecule has 2 aromatic rings. The molecule has 17 heavy (non-hydrogen) atoms. The van der Waals surface area contributed by atoms with Gasteiger partial charge in [-0.05, 0) is 24.1 Å². The number of Topliss-reactive ketones (excluding diaryl/α,β-unsaturated/α-hetero) is 1. The number of aromatic nitrogens is 1. The topological polar surface area (TPSA) is 30.0 Å². The van der Waals surface area contributed by atoms with Crippen LogP contribution in [0.2, 0.25) is 5.02 Å². The van der Waals surface area contributed by atoms with Crippen LogP contribution in [0.3, 0.4) is 0 Å². The molecule has 0 N–H and O–H groups in total. The van der Waals surface area contributed by atoms with E-state index in [0.717, 1.165) is 16.7 Å². The van der Waals surface area contributed by atoms with Crippen molar-refractivity contribution in [2.24, 2.45) is 0 Å². The van der Waals surface area contributed by atoms with Gasteiger partial charge in [0.25, 0.3) is 0 Å². The molecule has 0 saturated carbocycles. The van der Waals surface area contributed by atoms with Gasteiger partial charge in [0, 0.05) is 24.4 Å². The number of rotatable bonds is 3. The second kappa shape index (κ2) is 5.11. The minimum Gasteiger partial charge on any atom is -0.294 e. The third kappa shape index (κ3) is 2.71. The van der Waals surface area contributed by atoms with E-state index >= 15 is 0 Å². The fourth-order valence-corrected chi connectivity index (χ4v) is 1.89. The lowest BCUT2D eigenvalue weighted by Crippen LogP contribution is -2.06. The Balaban J connectivity index is 2.24. The molecule has 0 unspecified atom stereocenters. The van der Waals surface area contributed by atoms with Crippen molar-refractivity contribution in [1.82, 2.24) is 4.98 Å². The van der Waals surface area contributed by atoms with Crippen LogP contribution < -0.4 is 0 Å². The van der Waals surface area contributed by atoms with Crippen LogP contribution in [0.1, 0.15) is 21.5 Å². The molecule has 0 radical (unpaired) electrons. The maximum absolute atomic E-state index is 12.1. The molecule has 0 saturated heterocycles. The molecule has 86 valence electrons. The first-order valence-electron chi connectivity index (χ1n) is 5.35. The highest BCUT2D eigenvalue weighted by atomic mass is 35.5. The Morgan fingerprint density at radius 1 is 1.29 bits per heavy atom. The van der Waals surface area contributed by atoms with Crippen LogP contribution >= 0.6 is 11.6 Å². The molecule has 0 aliphatic heterocycles. The monoisotopic (exact) mass is 245 g/mol. The van der Waals surface area contributed by atoms with E-state index in [1.165, 1.54) is 0 Å². The van der Waals surface area contributed by atoms with Gasteiger partial charge in [0.15, 0.2) is 5.78 Å². The van der Waals surface area contributed by atoms with Gasteiger partial charge in [-0.3, -0.25) is 9.78 Å². The van der Waals surface area contributed by atoms with Crippen LogP contribution in [0.15, 0.2) is 42.7 Å². The number of hydrogen-bond donors (Lipinski definition) is 0. The van der Waals surface area contributed by atoms with E-state index in [1.54, 1.807) is 18.5 Å². The first-order valence-corrected chi connectivity index (χ1v) is 5.73. The van der Waals surface area contributed by atoms with Crippen LogP contribution in [-0.4, -0.2) is 10.8 Å². The summed E-state index contributed by atoms with van der Waals surface area (Å²) in [5.41, 5.74) is 2.55. The Morgan fingerprint density at radius 2 is 2.06 bits per heavy atom. The number of carbonyl (C=O) groups excluding carboxylic acids is 1. The molecule has 0 fully saturated rings. The van der Waals surface area contributed by atoms with Gasteiger partial charge >= 0.3 is 0 Å². The molecule has 0 aliphatic rings. The maximum Gasteiger partial charge on any atom is 0.167 e. The van der Waals surface area contributed by atoms with Crippen molar-refractivity contribution >= 4 is 17.4 Å². The molecule has 2 nitrogen and oxygen atoms in total. The summed E-state index contributed by atoms with van der Waals surface area (Å²) in [6.07, 6.45) is 3.51. The van der Waals surface area contributed by atoms with Gasteiger partial charge in [0.2, 0.25) is 0 Å². The number of aryl methyl sites for hydroxylation is 1. The molecule has 3 heteroatoms. The van der Waals surface area contributed by atoms with E-state index in [2.05, 4.69) is 4.98 Å². The third-order valence-corrected chi connectivity index (χ3v) is 2.99. The number of pyridine rings is 1. The van der Waals surface area contributed by atoms with Crippen molar-refractivity contribution in [3.8, 4) is 0 Å². The normalized spacial score (nSPS) is 10.2. The molecule has 1 heterocycles. The van der Waals surface area contributed by atoms with Crippen molar-refractivity contribution in [1.29, 1.82) is 0 Å². The number of halogens is 1. The van der Waals surface area contributed by atoms with Crippen LogP contribution in [0.4, 0.5) is 0 Å². The summed E-state index contributed by atoms with van der Waals surface area (Å²) < 4.78 is 0. The quantitative estimate of drug-likeness (QED) is 0.775. The minimum atomic E-state index is 0.0798. The molecule has 0 spiro atoms.